The Morgan fingerprint density at radius 2 is 1.96 bits per heavy atom. The molecular formula is C21H21FN2O2S. The summed E-state index contributed by atoms with van der Waals surface area (Å²) in [4.78, 5) is 16.6. The lowest BCUT2D eigenvalue weighted by molar-refractivity contribution is -0.113. The summed E-state index contributed by atoms with van der Waals surface area (Å²) in [7, 11) is 0. The van der Waals surface area contributed by atoms with Gasteiger partial charge in [-0.05, 0) is 48.2 Å². The summed E-state index contributed by atoms with van der Waals surface area (Å²) in [5.74, 6) is 0.630. The molecule has 3 aromatic rings. The fourth-order valence-electron chi connectivity index (χ4n) is 2.72. The van der Waals surface area contributed by atoms with Gasteiger partial charge in [-0.2, -0.15) is 0 Å². The first-order valence-corrected chi connectivity index (χ1v) is 9.66. The predicted molar refractivity (Wildman–Crippen MR) is 107 cm³/mol. The first-order chi connectivity index (χ1) is 12.9. The SMILES string of the molecule is Cc1cccc(C(C)C)c1NC(=O)CSc1ncc(-c2ccc(F)cc2)o1. The van der Waals surface area contributed by atoms with Crippen LogP contribution in [0.2, 0.25) is 0 Å². The number of benzene rings is 2. The molecule has 2 aromatic carbocycles. The highest BCUT2D eigenvalue weighted by Gasteiger charge is 2.14. The van der Waals surface area contributed by atoms with E-state index < -0.39 is 0 Å². The zero-order chi connectivity index (χ0) is 19.4. The summed E-state index contributed by atoms with van der Waals surface area (Å²) < 4.78 is 18.7. The van der Waals surface area contributed by atoms with E-state index in [1.54, 1.807) is 18.3 Å². The van der Waals surface area contributed by atoms with Crippen molar-refractivity contribution in [3.8, 4) is 11.3 Å². The van der Waals surface area contributed by atoms with E-state index in [-0.39, 0.29) is 17.5 Å². The van der Waals surface area contributed by atoms with Crippen LogP contribution in [0.5, 0.6) is 0 Å². The van der Waals surface area contributed by atoms with Crippen LogP contribution in [-0.2, 0) is 4.79 Å². The Kier molecular flexibility index (Phi) is 5.96. The first-order valence-electron chi connectivity index (χ1n) is 8.68. The molecule has 0 bridgehead atoms. The highest BCUT2D eigenvalue weighted by Crippen LogP contribution is 2.29. The number of halogens is 1. The van der Waals surface area contributed by atoms with Gasteiger partial charge in [-0.25, -0.2) is 9.37 Å². The molecule has 0 atom stereocenters. The van der Waals surface area contributed by atoms with Crippen LogP contribution >= 0.6 is 11.8 Å². The van der Waals surface area contributed by atoms with Crippen LogP contribution in [0.3, 0.4) is 0 Å². The molecule has 0 saturated heterocycles. The molecule has 0 aliphatic heterocycles. The second kappa shape index (κ2) is 8.39. The highest BCUT2D eigenvalue weighted by molar-refractivity contribution is 7.99. The van der Waals surface area contributed by atoms with Crippen molar-refractivity contribution in [2.24, 2.45) is 0 Å². The molecule has 1 aromatic heterocycles. The maximum absolute atomic E-state index is 13.0. The highest BCUT2D eigenvalue weighted by atomic mass is 32.2. The molecular weight excluding hydrogens is 363 g/mol. The van der Waals surface area contributed by atoms with Crippen LogP contribution in [0.15, 0.2) is 58.3 Å². The molecule has 0 aliphatic rings. The van der Waals surface area contributed by atoms with Crippen molar-refractivity contribution in [1.82, 2.24) is 4.98 Å². The molecule has 140 valence electrons. The van der Waals surface area contributed by atoms with Gasteiger partial charge in [0.15, 0.2) is 5.76 Å². The molecule has 4 nitrogen and oxygen atoms in total. The molecule has 0 fully saturated rings. The van der Waals surface area contributed by atoms with Crippen LogP contribution in [0.1, 0.15) is 30.9 Å². The molecule has 0 radical (unpaired) electrons. The van der Waals surface area contributed by atoms with Crippen molar-refractivity contribution in [3.63, 3.8) is 0 Å². The Hall–Kier alpha value is -2.60. The number of para-hydroxylation sites is 1. The van der Waals surface area contributed by atoms with Crippen molar-refractivity contribution in [2.75, 3.05) is 11.1 Å². The van der Waals surface area contributed by atoms with Crippen molar-refractivity contribution in [2.45, 2.75) is 31.9 Å². The summed E-state index contributed by atoms with van der Waals surface area (Å²) in [5.41, 5.74) is 3.76. The molecule has 1 heterocycles. The summed E-state index contributed by atoms with van der Waals surface area (Å²) in [5, 5.41) is 3.41. The Balaban J connectivity index is 1.63. The number of rotatable bonds is 6. The standard InChI is InChI=1S/C21H21FN2O2S/c1-13(2)17-6-4-5-14(3)20(17)24-19(25)12-27-21-23-11-18(26-21)15-7-9-16(22)10-8-15/h4-11,13H,12H2,1-3H3,(H,24,25). The Labute approximate surface area is 162 Å². The number of thioether (sulfide) groups is 1. The number of carbonyl (C=O) groups is 1. The zero-order valence-corrected chi connectivity index (χ0v) is 16.3. The third kappa shape index (κ3) is 4.77. The van der Waals surface area contributed by atoms with Gasteiger partial charge < -0.3 is 9.73 Å². The van der Waals surface area contributed by atoms with E-state index in [1.165, 1.54) is 23.9 Å². The van der Waals surface area contributed by atoms with E-state index in [4.69, 9.17) is 4.42 Å². The molecule has 6 heteroatoms. The number of amides is 1. The minimum atomic E-state index is -0.304. The zero-order valence-electron chi connectivity index (χ0n) is 15.5. The van der Waals surface area contributed by atoms with E-state index in [2.05, 4.69) is 24.1 Å². The number of aromatic nitrogens is 1. The molecule has 0 spiro atoms. The summed E-state index contributed by atoms with van der Waals surface area (Å²) in [6.07, 6.45) is 1.58. The van der Waals surface area contributed by atoms with Gasteiger partial charge in [-0.15, -0.1) is 0 Å². The largest absolute Gasteiger partial charge is 0.431 e. The van der Waals surface area contributed by atoms with Gasteiger partial charge in [0.05, 0.1) is 11.9 Å². The van der Waals surface area contributed by atoms with Gasteiger partial charge in [0.2, 0.25) is 5.91 Å². The van der Waals surface area contributed by atoms with Gasteiger partial charge in [0.1, 0.15) is 5.82 Å². The third-order valence-corrected chi connectivity index (χ3v) is 4.97. The normalized spacial score (nSPS) is 11.0. The van der Waals surface area contributed by atoms with E-state index in [9.17, 15) is 9.18 Å². The predicted octanol–water partition coefficient (Wildman–Crippen LogP) is 5.64. The summed E-state index contributed by atoms with van der Waals surface area (Å²) >= 11 is 1.22. The number of hydrogen-bond donors (Lipinski definition) is 1. The van der Waals surface area contributed by atoms with Crippen molar-refractivity contribution >= 4 is 23.4 Å². The summed E-state index contributed by atoms with van der Waals surface area (Å²) in [6.45, 7) is 6.18. The van der Waals surface area contributed by atoms with Gasteiger partial charge in [-0.1, -0.05) is 43.8 Å². The minimum absolute atomic E-state index is 0.113. The van der Waals surface area contributed by atoms with Gasteiger partial charge in [-0.3, -0.25) is 4.79 Å². The smallest absolute Gasteiger partial charge is 0.256 e. The van der Waals surface area contributed by atoms with Crippen LogP contribution in [0, 0.1) is 12.7 Å². The molecule has 1 N–H and O–H groups in total. The van der Waals surface area contributed by atoms with Crippen molar-refractivity contribution in [3.05, 3.63) is 65.6 Å². The maximum Gasteiger partial charge on any atom is 0.256 e. The molecule has 0 saturated carbocycles. The lowest BCUT2D eigenvalue weighted by atomic mass is 9.98. The van der Waals surface area contributed by atoms with Crippen molar-refractivity contribution in [1.29, 1.82) is 0 Å². The fraction of sp³-hybridized carbons (Fsp3) is 0.238. The number of nitrogens with zero attached hydrogens (tertiary/aromatic N) is 1. The topological polar surface area (TPSA) is 55.1 Å². The minimum Gasteiger partial charge on any atom is -0.431 e. The van der Waals surface area contributed by atoms with Crippen LogP contribution in [0.4, 0.5) is 10.1 Å². The molecule has 0 aliphatic carbocycles. The lowest BCUT2D eigenvalue weighted by Crippen LogP contribution is -2.16. The number of anilines is 1. The maximum atomic E-state index is 13.0. The third-order valence-electron chi connectivity index (χ3n) is 4.13. The average Bonchev–Trinajstić information content (AvgIpc) is 3.11. The monoisotopic (exact) mass is 384 g/mol. The lowest BCUT2D eigenvalue weighted by Gasteiger charge is -2.16. The number of aryl methyl sites for hydroxylation is 1. The Morgan fingerprint density at radius 1 is 1.22 bits per heavy atom. The van der Waals surface area contributed by atoms with Gasteiger partial charge in [0, 0.05) is 11.3 Å². The molecule has 0 unspecified atom stereocenters. The van der Waals surface area contributed by atoms with E-state index >= 15 is 0 Å². The van der Waals surface area contributed by atoms with Gasteiger partial charge >= 0.3 is 0 Å². The Bertz CT molecular complexity index is 936. The second-order valence-electron chi connectivity index (χ2n) is 6.53. The number of nitrogens with one attached hydrogen (secondary N) is 1. The molecule has 27 heavy (non-hydrogen) atoms. The average molecular weight is 384 g/mol. The molecule has 3 rings (SSSR count). The summed E-state index contributed by atoms with van der Waals surface area (Å²) in [6, 6.07) is 12.0. The number of hydrogen-bond acceptors (Lipinski definition) is 4. The quantitative estimate of drug-likeness (QED) is 0.559. The van der Waals surface area contributed by atoms with Crippen molar-refractivity contribution < 1.29 is 13.6 Å². The van der Waals surface area contributed by atoms with E-state index in [0.29, 0.717) is 16.9 Å². The van der Waals surface area contributed by atoms with E-state index in [0.717, 1.165) is 22.4 Å². The fourth-order valence-corrected chi connectivity index (χ4v) is 3.32. The first kappa shape index (κ1) is 19.2. The Morgan fingerprint density at radius 3 is 2.67 bits per heavy atom. The molecule has 1 amide bonds. The number of oxazole rings is 1. The van der Waals surface area contributed by atoms with Crippen LogP contribution in [-0.4, -0.2) is 16.6 Å². The van der Waals surface area contributed by atoms with Gasteiger partial charge in [0.25, 0.3) is 5.22 Å². The number of carbonyl (C=O) groups excluding carboxylic acids is 1. The van der Waals surface area contributed by atoms with Crippen LogP contribution < -0.4 is 5.32 Å². The van der Waals surface area contributed by atoms with Crippen LogP contribution in [0.25, 0.3) is 11.3 Å². The van der Waals surface area contributed by atoms with E-state index in [1.807, 2.05) is 25.1 Å². The second-order valence-corrected chi connectivity index (χ2v) is 7.45.